The second-order valence-corrected chi connectivity index (χ2v) is 11.3. The number of alkyl halides is 2. The highest BCUT2D eigenvalue weighted by atomic mass is 35.5. The predicted octanol–water partition coefficient (Wildman–Crippen LogP) is 8.15. The molecule has 2 atom stereocenters. The van der Waals surface area contributed by atoms with E-state index in [2.05, 4.69) is 10.6 Å². The summed E-state index contributed by atoms with van der Waals surface area (Å²) in [6.07, 6.45) is 1.97. The summed E-state index contributed by atoms with van der Waals surface area (Å²) in [5.41, 5.74) is 1.90. The molecule has 0 radical (unpaired) electrons. The summed E-state index contributed by atoms with van der Waals surface area (Å²) >= 11 is 32.9. The maximum atomic E-state index is 13.0. The third kappa shape index (κ3) is 5.46. The molecule has 0 unspecified atom stereocenters. The molecular weight excluding hydrogens is 558 g/mol. The van der Waals surface area contributed by atoms with Crippen molar-refractivity contribution in [3.8, 4) is 0 Å². The summed E-state index contributed by atoms with van der Waals surface area (Å²) < 4.78 is -1.31. The normalized spacial score (nSPS) is 18.3. The maximum absolute atomic E-state index is 13.0. The van der Waals surface area contributed by atoms with Gasteiger partial charge in [0.2, 0.25) is 5.91 Å². The number of halogens is 5. The second-order valence-electron chi connectivity index (χ2n) is 7.70. The van der Waals surface area contributed by atoms with Gasteiger partial charge in [-0.3, -0.25) is 9.59 Å². The number of carbonyl (C=O) groups is 2. The summed E-state index contributed by atoms with van der Waals surface area (Å²) in [4.78, 5) is 26.9. The molecular formula is C24H17Cl5N2O2S. The van der Waals surface area contributed by atoms with Crippen LogP contribution in [0, 0.1) is 5.92 Å². The van der Waals surface area contributed by atoms with E-state index in [9.17, 15) is 9.59 Å². The molecule has 1 fully saturated rings. The predicted molar refractivity (Wildman–Crippen MR) is 143 cm³/mol. The molecule has 4 nitrogen and oxygen atoms in total. The van der Waals surface area contributed by atoms with Gasteiger partial charge in [0, 0.05) is 32.2 Å². The van der Waals surface area contributed by atoms with E-state index >= 15 is 0 Å². The SMILES string of the molecule is CSc1ccc(NC(=O)c2cc(NC(=O)[C@H]3[C@H](c4cc(Cl)cc(Cl)c4)C3(Cl)Cl)ccc2Cl)cc1. The van der Waals surface area contributed by atoms with Crippen molar-refractivity contribution in [2.24, 2.45) is 5.92 Å². The molecule has 1 saturated carbocycles. The minimum absolute atomic E-state index is 0.213. The van der Waals surface area contributed by atoms with Crippen molar-refractivity contribution in [3.05, 3.63) is 86.9 Å². The molecule has 3 aromatic rings. The van der Waals surface area contributed by atoms with Crippen LogP contribution in [0.25, 0.3) is 0 Å². The smallest absolute Gasteiger partial charge is 0.257 e. The summed E-state index contributed by atoms with van der Waals surface area (Å²) in [6.45, 7) is 0. The third-order valence-corrected chi connectivity index (χ3v) is 7.86. The van der Waals surface area contributed by atoms with E-state index in [0.717, 1.165) is 4.90 Å². The van der Waals surface area contributed by atoms with Gasteiger partial charge in [-0.15, -0.1) is 35.0 Å². The lowest BCUT2D eigenvalue weighted by atomic mass is 10.1. The zero-order valence-electron chi connectivity index (χ0n) is 17.5. The van der Waals surface area contributed by atoms with Crippen molar-refractivity contribution in [1.29, 1.82) is 0 Å². The molecule has 2 amide bonds. The molecule has 34 heavy (non-hydrogen) atoms. The lowest BCUT2D eigenvalue weighted by Gasteiger charge is -2.11. The van der Waals surface area contributed by atoms with Crippen molar-refractivity contribution >= 4 is 93.0 Å². The first kappa shape index (κ1) is 25.5. The van der Waals surface area contributed by atoms with Gasteiger partial charge in [-0.25, -0.2) is 0 Å². The molecule has 0 saturated heterocycles. The fourth-order valence-corrected chi connectivity index (χ4v) is 5.67. The zero-order chi connectivity index (χ0) is 24.6. The average molecular weight is 575 g/mol. The minimum atomic E-state index is -1.31. The van der Waals surface area contributed by atoms with Gasteiger partial charge < -0.3 is 10.6 Å². The van der Waals surface area contributed by atoms with Crippen LogP contribution in [0.3, 0.4) is 0 Å². The summed E-state index contributed by atoms with van der Waals surface area (Å²) in [6, 6.07) is 17.0. The number of benzene rings is 3. The van der Waals surface area contributed by atoms with E-state index in [1.807, 2.05) is 18.4 Å². The van der Waals surface area contributed by atoms with Crippen molar-refractivity contribution in [2.45, 2.75) is 15.1 Å². The summed E-state index contributed by atoms with van der Waals surface area (Å²) in [7, 11) is 0. The first-order valence-electron chi connectivity index (χ1n) is 10.00. The monoisotopic (exact) mass is 572 g/mol. The third-order valence-electron chi connectivity index (χ3n) is 5.41. The molecule has 176 valence electrons. The van der Waals surface area contributed by atoms with Gasteiger partial charge in [0.1, 0.15) is 4.33 Å². The minimum Gasteiger partial charge on any atom is -0.326 e. The van der Waals surface area contributed by atoms with E-state index < -0.39 is 28.0 Å². The van der Waals surface area contributed by atoms with Gasteiger partial charge >= 0.3 is 0 Å². The van der Waals surface area contributed by atoms with Crippen LogP contribution in [0.2, 0.25) is 15.1 Å². The number of carbonyl (C=O) groups excluding carboxylic acids is 2. The molecule has 0 spiro atoms. The van der Waals surface area contributed by atoms with Gasteiger partial charge in [-0.1, -0.05) is 34.8 Å². The lowest BCUT2D eigenvalue weighted by molar-refractivity contribution is -0.117. The molecule has 1 aliphatic carbocycles. The number of nitrogens with one attached hydrogen (secondary N) is 2. The first-order valence-corrected chi connectivity index (χ1v) is 13.1. The molecule has 0 bridgehead atoms. The Hall–Kier alpha value is -1.60. The Bertz CT molecular complexity index is 1250. The van der Waals surface area contributed by atoms with E-state index in [1.54, 1.807) is 54.2 Å². The Morgan fingerprint density at radius 1 is 0.853 bits per heavy atom. The average Bonchev–Trinajstić information content (AvgIpc) is 3.37. The maximum Gasteiger partial charge on any atom is 0.257 e. The molecule has 2 N–H and O–H groups in total. The Kier molecular flexibility index (Phi) is 7.63. The van der Waals surface area contributed by atoms with E-state index in [4.69, 9.17) is 58.0 Å². The molecule has 3 aromatic carbocycles. The van der Waals surface area contributed by atoms with Gasteiger partial charge in [0.15, 0.2) is 0 Å². The van der Waals surface area contributed by atoms with Gasteiger partial charge in [-0.05, 0) is 72.5 Å². The van der Waals surface area contributed by atoms with Crippen LogP contribution in [0.1, 0.15) is 21.8 Å². The number of hydrogen-bond acceptors (Lipinski definition) is 3. The Labute approximate surface area is 226 Å². The zero-order valence-corrected chi connectivity index (χ0v) is 22.1. The molecule has 10 heteroatoms. The largest absolute Gasteiger partial charge is 0.326 e. The van der Waals surface area contributed by atoms with Gasteiger partial charge in [0.05, 0.1) is 16.5 Å². The molecule has 0 heterocycles. The van der Waals surface area contributed by atoms with Crippen LogP contribution < -0.4 is 10.6 Å². The quantitative estimate of drug-likeness (QED) is 0.231. The summed E-state index contributed by atoms with van der Waals surface area (Å²) in [5.74, 6) is -2.01. The number of hydrogen-bond donors (Lipinski definition) is 2. The van der Waals surface area contributed by atoms with E-state index in [0.29, 0.717) is 27.0 Å². The fourth-order valence-electron chi connectivity index (χ4n) is 3.69. The van der Waals surface area contributed by atoms with Crippen molar-refractivity contribution in [1.82, 2.24) is 0 Å². The molecule has 4 rings (SSSR count). The van der Waals surface area contributed by atoms with Crippen LogP contribution in [-0.2, 0) is 4.79 Å². The van der Waals surface area contributed by atoms with E-state index in [-0.39, 0.29) is 10.6 Å². The number of rotatable bonds is 6. The second kappa shape index (κ2) is 10.2. The van der Waals surface area contributed by atoms with Gasteiger partial charge in [0.25, 0.3) is 5.91 Å². The van der Waals surface area contributed by atoms with Crippen molar-refractivity contribution < 1.29 is 9.59 Å². The fraction of sp³-hybridized carbons (Fsp3) is 0.167. The topological polar surface area (TPSA) is 58.2 Å². The van der Waals surface area contributed by atoms with Crippen molar-refractivity contribution in [2.75, 3.05) is 16.9 Å². The lowest BCUT2D eigenvalue weighted by Crippen LogP contribution is -2.18. The van der Waals surface area contributed by atoms with Crippen molar-refractivity contribution in [3.63, 3.8) is 0 Å². The Balaban J connectivity index is 1.49. The standard InChI is InChI=1S/C24H17Cl5N2O2S/c1-34-17-5-2-15(3-6-17)30-22(32)18-11-16(4-7-19(18)27)31-23(33)21-20(24(21,28)29)12-8-13(25)10-14(26)9-12/h2-11,20-21H,1H3,(H,30,32)(H,31,33)/t20-,21+/m0/s1. The highest BCUT2D eigenvalue weighted by molar-refractivity contribution is 7.98. The Morgan fingerprint density at radius 3 is 2.09 bits per heavy atom. The van der Waals surface area contributed by atoms with Crippen LogP contribution in [0.15, 0.2) is 65.6 Å². The molecule has 1 aliphatic rings. The highest BCUT2D eigenvalue weighted by Crippen LogP contribution is 2.65. The van der Waals surface area contributed by atoms with Crippen LogP contribution in [-0.4, -0.2) is 22.4 Å². The number of anilines is 2. The molecule has 0 aliphatic heterocycles. The van der Waals surface area contributed by atoms with Crippen LogP contribution in [0.4, 0.5) is 11.4 Å². The number of amides is 2. The summed E-state index contributed by atoms with van der Waals surface area (Å²) in [5, 5.41) is 6.68. The highest BCUT2D eigenvalue weighted by Gasteiger charge is 2.67. The first-order chi connectivity index (χ1) is 16.1. The van der Waals surface area contributed by atoms with Crippen LogP contribution >= 0.6 is 69.8 Å². The molecule has 0 aromatic heterocycles. The number of thioether (sulfide) groups is 1. The Morgan fingerprint density at radius 2 is 1.47 bits per heavy atom. The van der Waals surface area contributed by atoms with Crippen LogP contribution in [0.5, 0.6) is 0 Å². The van der Waals surface area contributed by atoms with Gasteiger partial charge in [-0.2, -0.15) is 0 Å². The van der Waals surface area contributed by atoms with E-state index in [1.165, 1.54) is 6.07 Å².